The Hall–Kier alpha value is -0.870. The van der Waals surface area contributed by atoms with Gasteiger partial charge in [-0.15, -0.1) is 0 Å². The van der Waals surface area contributed by atoms with Gasteiger partial charge in [0.15, 0.2) is 0 Å². The number of imidazole rings is 1. The van der Waals surface area contributed by atoms with Crippen LogP contribution in [0.25, 0.3) is 0 Å². The molecule has 0 spiro atoms. The third kappa shape index (κ3) is 4.96. The summed E-state index contributed by atoms with van der Waals surface area (Å²) in [5.41, 5.74) is 1.34. The van der Waals surface area contributed by atoms with Gasteiger partial charge < -0.3 is 14.6 Å². The van der Waals surface area contributed by atoms with Crippen LogP contribution in [0.3, 0.4) is 0 Å². The van der Waals surface area contributed by atoms with Gasteiger partial charge in [0.2, 0.25) is 0 Å². The van der Waals surface area contributed by atoms with E-state index in [0.717, 1.165) is 51.9 Å². The SMILES string of the molecule is CC(C)Cc1cncn1CCCOC1CCNCC1. The van der Waals surface area contributed by atoms with Crippen LogP contribution in [0.1, 0.15) is 38.8 Å². The number of hydrogen-bond donors (Lipinski definition) is 1. The molecular weight excluding hydrogens is 238 g/mol. The van der Waals surface area contributed by atoms with Crippen molar-refractivity contribution in [2.24, 2.45) is 5.92 Å². The average Bonchev–Trinajstić information content (AvgIpc) is 2.82. The second-order valence-corrected chi connectivity index (χ2v) is 5.85. The molecule has 0 aromatic carbocycles. The molecule has 4 heteroatoms. The van der Waals surface area contributed by atoms with Gasteiger partial charge in [0, 0.05) is 25.0 Å². The lowest BCUT2D eigenvalue weighted by Gasteiger charge is -2.23. The molecule has 0 unspecified atom stereocenters. The predicted molar refractivity (Wildman–Crippen MR) is 77.2 cm³/mol. The molecule has 1 fully saturated rings. The summed E-state index contributed by atoms with van der Waals surface area (Å²) in [5, 5.41) is 3.36. The summed E-state index contributed by atoms with van der Waals surface area (Å²) in [5.74, 6) is 0.682. The highest BCUT2D eigenvalue weighted by Crippen LogP contribution is 2.10. The fourth-order valence-corrected chi connectivity index (χ4v) is 2.58. The van der Waals surface area contributed by atoms with Crippen LogP contribution in [0.15, 0.2) is 12.5 Å². The minimum atomic E-state index is 0.471. The predicted octanol–water partition coefficient (Wildman–Crippen LogP) is 2.24. The first-order valence-corrected chi connectivity index (χ1v) is 7.57. The van der Waals surface area contributed by atoms with E-state index in [2.05, 4.69) is 28.7 Å². The van der Waals surface area contributed by atoms with E-state index in [1.165, 1.54) is 5.69 Å². The zero-order chi connectivity index (χ0) is 13.5. The summed E-state index contributed by atoms with van der Waals surface area (Å²) < 4.78 is 8.20. The van der Waals surface area contributed by atoms with Crippen LogP contribution in [-0.4, -0.2) is 35.4 Å². The van der Waals surface area contributed by atoms with E-state index in [1.54, 1.807) is 0 Å². The lowest BCUT2D eigenvalue weighted by Crippen LogP contribution is -2.32. The lowest BCUT2D eigenvalue weighted by atomic mass is 10.1. The number of ether oxygens (including phenoxy) is 1. The van der Waals surface area contributed by atoms with Crippen molar-refractivity contribution in [1.29, 1.82) is 0 Å². The Morgan fingerprint density at radius 1 is 1.42 bits per heavy atom. The van der Waals surface area contributed by atoms with Crippen molar-refractivity contribution in [2.75, 3.05) is 19.7 Å². The summed E-state index contributed by atoms with van der Waals surface area (Å²) in [6, 6.07) is 0. The Morgan fingerprint density at radius 2 is 2.21 bits per heavy atom. The molecule has 4 nitrogen and oxygen atoms in total. The maximum absolute atomic E-state index is 5.93. The molecule has 0 amide bonds. The van der Waals surface area contributed by atoms with Gasteiger partial charge in [-0.05, 0) is 44.7 Å². The van der Waals surface area contributed by atoms with Crippen LogP contribution in [0, 0.1) is 5.92 Å². The smallest absolute Gasteiger partial charge is 0.0948 e. The van der Waals surface area contributed by atoms with Crippen molar-refractivity contribution < 1.29 is 4.74 Å². The first-order valence-electron chi connectivity index (χ1n) is 7.57. The highest BCUT2D eigenvalue weighted by Gasteiger charge is 2.12. The summed E-state index contributed by atoms with van der Waals surface area (Å²) >= 11 is 0. The van der Waals surface area contributed by atoms with Gasteiger partial charge in [-0.2, -0.15) is 0 Å². The zero-order valence-corrected chi connectivity index (χ0v) is 12.3. The fraction of sp³-hybridized carbons (Fsp3) is 0.800. The van der Waals surface area contributed by atoms with Gasteiger partial charge in [-0.1, -0.05) is 13.8 Å². The van der Waals surface area contributed by atoms with Gasteiger partial charge in [-0.25, -0.2) is 4.98 Å². The average molecular weight is 265 g/mol. The minimum Gasteiger partial charge on any atom is -0.378 e. The van der Waals surface area contributed by atoms with E-state index < -0.39 is 0 Å². The number of aryl methyl sites for hydroxylation is 1. The Bertz CT molecular complexity index is 356. The molecule has 2 rings (SSSR count). The van der Waals surface area contributed by atoms with Crippen molar-refractivity contribution in [3.8, 4) is 0 Å². The van der Waals surface area contributed by atoms with E-state index >= 15 is 0 Å². The molecule has 0 atom stereocenters. The lowest BCUT2D eigenvalue weighted by molar-refractivity contribution is 0.0300. The maximum Gasteiger partial charge on any atom is 0.0948 e. The maximum atomic E-state index is 5.93. The number of rotatable bonds is 7. The first-order chi connectivity index (χ1) is 9.25. The molecule has 2 heterocycles. The molecular formula is C15H27N3O. The molecule has 0 radical (unpaired) electrons. The highest BCUT2D eigenvalue weighted by molar-refractivity contribution is 4.99. The van der Waals surface area contributed by atoms with Gasteiger partial charge in [0.1, 0.15) is 0 Å². The first kappa shape index (κ1) is 14.5. The zero-order valence-electron chi connectivity index (χ0n) is 12.3. The Balaban J connectivity index is 1.66. The second-order valence-electron chi connectivity index (χ2n) is 5.85. The molecule has 19 heavy (non-hydrogen) atoms. The van der Waals surface area contributed by atoms with Crippen LogP contribution in [0.2, 0.25) is 0 Å². The third-order valence-electron chi connectivity index (χ3n) is 3.60. The molecule has 1 aliphatic heterocycles. The van der Waals surface area contributed by atoms with E-state index in [1.807, 2.05) is 12.5 Å². The molecule has 1 saturated heterocycles. The van der Waals surface area contributed by atoms with Crippen LogP contribution in [0.4, 0.5) is 0 Å². The number of nitrogens with one attached hydrogen (secondary N) is 1. The Labute approximate surface area is 116 Å². The number of hydrogen-bond acceptors (Lipinski definition) is 3. The van der Waals surface area contributed by atoms with E-state index in [0.29, 0.717) is 12.0 Å². The second kappa shape index (κ2) is 7.65. The summed E-state index contributed by atoms with van der Waals surface area (Å²) in [6.45, 7) is 8.58. The molecule has 1 aromatic heterocycles. The molecule has 1 aliphatic rings. The standard InChI is InChI=1S/C15H27N3O/c1-13(2)10-14-11-17-12-18(14)8-3-9-19-15-4-6-16-7-5-15/h11-13,15-16H,3-10H2,1-2H3. The molecule has 0 saturated carbocycles. The van der Waals surface area contributed by atoms with Crippen LogP contribution in [-0.2, 0) is 17.7 Å². The van der Waals surface area contributed by atoms with Crippen LogP contribution < -0.4 is 5.32 Å². The monoisotopic (exact) mass is 265 g/mol. The summed E-state index contributed by atoms with van der Waals surface area (Å²) in [7, 11) is 0. The normalized spacial score (nSPS) is 17.2. The Kier molecular flexibility index (Phi) is 5.86. The molecule has 108 valence electrons. The molecule has 0 aliphatic carbocycles. The van der Waals surface area contributed by atoms with Crippen molar-refractivity contribution in [3.05, 3.63) is 18.2 Å². The largest absolute Gasteiger partial charge is 0.378 e. The molecule has 1 N–H and O–H groups in total. The van der Waals surface area contributed by atoms with Crippen molar-refractivity contribution in [3.63, 3.8) is 0 Å². The summed E-state index contributed by atoms with van der Waals surface area (Å²) in [6.07, 6.45) is 8.91. The van der Waals surface area contributed by atoms with E-state index in [9.17, 15) is 0 Å². The van der Waals surface area contributed by atoms with Crippen molar-refractivity contribution in [1.82, 2.24) is 14.9 Å². The van der Waals surface area contributed by atoms with E-state index in [4.69, 9.17) is 4.74 Å². The van der Waals surface area contributed by atoms with Crippen LogP contribution in [0.5, 0.6) is 0 Å². The third-order valence-corrected chi connectivity index (χ3v) is 3.60. The van der Waals surface area contributed by atoms with Crippen LogP contribution >= 0.6 is 0 Å². The summed E-state index contributed by atoms with van der Waals surface area (Å²) in [4.78, 5) is 4.26. The van der Waals surface area contributed by atoms with Gasteiger partial charge in [0.05, 0.1) is 12.4 Å². The number of piperidine rings is 1. The number of nitrogens with zero attached hydrogens (tertiary/aromatic N) is 2. The van der Waals surface area contributed by atoms with Gasteiger partial charge >= 0.3 is 0 Å². The van der Waals surface area contributed by atoms with Gasteiger partial charge in [-0.3, -0.25) is 0 Å². The molecule has 1 aromatic rings. The molecule has 0 bridgehead atoms. The van der Waals surface area contributed by atoms with Crippen molar-refractivity contribution in [2.45, 2.75) is 52.2 Å². The minimum absolute atomic E-state index is 0.471. The Morgan fingerprint density at radius 3 is 2.95 bits per heavy atom. The fourth-order valence-electron chi connectivity index (χ4n) is 2.58. The quantitative estimate of drug-likeness (QED) is 0.769. The van der Waals surface area contributed by atoms with E-state index in [-0.39, 0.29) is 0 Å². The highest BCUT2D eigenvalue weighted by atomic mass is 16.5. The number of aromatic nitrogens is 2. The van der Waals surface area contributed by atoms with Gasteiger partial charge in [0.25, 0.3) is 0 Å². The topological polar surface area (TPSA) is 39.1 Å². The van der Waals surface area contributed by atoms with Crippen molar-refractivity contribution >= 4 is 0 Å².